The summed E-state index contributed by atoms with van der Waals surface area (Å²) in [4.78, 5) is 24.4. The van der Waals surface area contributed by atoms with Crippen LogP contribution in [0.2, 0.25) is 0 Å². The van der Waals surface area contributed by atoms with Crippen LogP contribution in [0.1, 0.15) is 44.6 Å². The lowest BCUT2D eigenvalue weighted by molar-refractivity contribution is -0.142. The number of nitrogens with zero attached hydrogens (tertiary/aromatic N) is 1. The SMILES string of the molecule is CCC(C)CCC(C(=O)OC)c1cn(C(=O)OC)c2ccccc12. The first kappa shape index (κ1) is 18.0. The second-order valence-electron chi connectivity index (χ2n) is 6.11. The highest BCUT2D eigenvalue weighted by Gasteiger charge is 2.27. The maximum absolute atomic E-state index is 12.4. The highest BCUT2D eigenvalue weighted by Crippen LogP contribution is 2.33. The summed E-state index contributed by atoms with van der Waals surface area (Å²) in [6.45, 7) is 4.31. The maximum Gasteiger partial charge on any atom is 0.418 e. The van der Waals surface area contributed by atoms with Gasteiger partial charge in [-0.3, -0.25) is 9.36 Å². The summed E-state index contributed by atoms with van der Waals surface area (Å²) in [6.07, 6.45) is 3.92. The van der Waals surface area contributed by atoms with E-state index < -0.39 is 6.09 Å². The summed E-state index contributed by atoms with van der Waals surface area (Å²) in [5.74, 6) is -0.128. The number of ether oxygens (including phenoxy) is 2. The van der Waals surface area contributed by atoms with Crippen molar-refractivity contribution in [3.8, 4) is 0 Å². The first-order valence-electron chi connectivity index (χ1n) is 8.29. The number of hydrogen-bond acceptors (Lipinski definition) is 4. The molecule has 1 heterocycles. The second kappa shape index (κ2) is 7.99. The van der Waals surface area contributed by atoms with E-state index in [-0.39, 0.29) is 11.9 Å². The average Bonchev–Trinajstić information content (AvgIpc) is 3.00. The quantitative estimate of drug-likeness (QED) is 0.739. The molecule has 0 saturated carbocycles. The van der Waals surface area contributed by atoms with E-state index in [9.17, 15) is 9.59 Å². The lowest BCUT2D eigenvalue weighted by atomic mass is 9.90. The van der Waals surface area contributed by atoms with Gasteiger partial charge in [0.15, 0.2) is 0 Å². The second-order valence-corrected chi connectivity index (χ2v) is 6.11. The van der Waals surface area contributed by atoms with Crippen molar-refractivity contribution in [3.63, 3.8) is 0 Å². The molecule has 0 spiro atoms. The summed E-state index contributed by atoms with van der Waals surface area (Å²) in [5, 5.41) is 0.877. The Morgan fingerprint density at radius 1 is 1.12 bits per heavy atom. The Morgan fingerprint density at radius 2 is 1.83 bits per heavy atom. The molecule has 2 unspecified atom stereocenters. The van der Waals surface area contributed by atoms with Gasteiger partial charge in [-0.25, -0.2) is 4.79 Å². The van der Waals surface area contributed by atoms with E-state index in [2.05, 4.69) is 13.8 Å². The molecule has 0 aliphatic carbocycles. The fourth-order valence-corrected chi connectivity index (χ4v) is 2.93. The summed E-state index contributed by atoms with van der Waals surface area (Å²) in [7, 11) is 2.75. The zero-order chi connectivity index (χ0) is 17.7. The Labute approximate surface area is 142 Å². The normalized spacial score (nSPS) is 13.5. The van der Waals surface area contributed by atoms with Crippen molar-refractivity contribution in [2.45, 2.75) is 39.0 Å². The van der Waals surface area contributed by atoms with E-state index in [1.54, 1.807) is 6.20 Å². The Balaban J connectivity index is 2.49. The number of esters is 1. The highest BCUT2D eigenvalue weighted by atomic mass is 16.5. The smallest absolute Gasteiger partial charge is 0.418 e. The van der Waals surface area contributed by atoms with E-state index in [1.807, 2.05) is 24.3 Å². The van der Waals surface area contributed by atoms with Crippen LogP contribution in [-0.2, 0) is 14.3 Å². The van der Waals surface area contributed by atoms with Gasteiger partial charge in [0.05, 0.1) is 25.7 Å². The van der Waals surface area contributed by atoms with Gasteiger partial charge in [-0.1, -0.05) is 38.5 Å². The van der Waals surface area contributed by atoms with E-state index in [0.29, 0.717) is 12.3 Å². The Hall–Kier alpha value is -2.30. The van der Waals surface area contributed by atoms with Gasteiger partial charge in [-0.05, 0) is 30.4 Å². The minimum atomic E-state index is -0.469. The molecule has 0 aliphatic heterocycles. The number of rotatable bonds is 6. The molecule has 0 bridgehead atoms. The molecular weight excluding hydrogens is 306 g/mol. The number of carbonyl (C=O) groups is 2. The number of carbonyl (C=O) groups excluding carboxylic acids is 2. The molecular formula is C19H25NO4. The van der Waals surface area contributed by atoms with Crippen LogP contribution in [0.15, 0.2) is 30.5 Å². The van der Waals surface area contributed by atoms with Crippen molar-refractivity contribution in [1.29, 1.82) is 0 Å². The Morgan fingerprint density at radius 3 is 2.46 bits per heavy atom. The summed E-state index contributed by atoms with van der Waals surface area (Å²) >= 11 is 0. The number of para-hydroxylation sites is 1. The minimum Gasteiger partial charge on any atom is -0.469 e. The van der Waals surface area contributed by atoms with Crippen LogP contribution in [0.25, 0.3) is 10.9 Å². The Bertz CT molecular complexity index is 719. The van der Waals surface area contributed by atoms with Gasteiger partial charge >= 0.3 is 12.1 Å². The number of hydrogen-bond donors (Lipinski definition) is 0. The number of fused-ring (bicyclic) bond motifs is 1. The van der Waals surface area contributed by atoms with Crippen LogP contribution in [0.5, 0.6) is 0 Å². The predicted molar refractivity (Wildman–Crippen MR) is 93.2 cm³/mol. The van der Waals surface area contributed by atoms with Crippen LogP contribution >= 0.6 is 0 Å². The topological polar surface area (TPSA) is 57.5 Å². The molecule has 1 aromatic carbocycles. The first-order valence-corrected chi connectivity index (χ1v) is 8.29. The van der Waals surface area contributed by atoms with Crippen LogP contribution in [0, 0.1) is 5.92 Å². The van der Waals surface area contributed by atoms with Crippen LogP contribution in [-0.4, -0.2) is 30.8 Å². The molecule has 0 aliphatic rings. The lowest BCUT2D eigenvalue weighted by Gasteiger charge is -2.16. The zero-order valence-electron chi connectivity index (χ0n) is 14.7. The molecule has 130 valence electrons. The molecule has 0 saturated heterocycles. The molecule has 2 atom stereocenters. The van der Waals surface area contributed by atoms with Gasteiger partial charge < -0.3 is 9.47 Å². The van der Waals surface area contributed by atoms with Gasteiger partial charge in [-0.15, -0.1) is 0 Å². The average molecular weight is 331 g/mol. The van der Waals surface area contributed by atoms with E-state index in [1.165, 1.54) is 18.8 Å². The van der Waals surface area contributed by atoms with Gasteiger partial charge in [-0.2, -0.15) is 0 Å². The lowest BCUT2D eigenvalue weighted by Crippen LogP contribution is -2.15. The van der Waals surface area contributed by atoms with Crippen molar-refractivity contribution in [1.82, 2.24) is 4.57 Å². The van der Waals surface area contributed by atoms with Crippen molar-refractivity contribution in [2.75, 3.05) is 14.2 Å². The number of benzene rings is 1. The summed E-state index contributed by atoms with van der Waals surface area (Å²) < 4.78 is 11.3. The van der Waals surface area contributed by atoms with Gasteiger partial charge in [0, 0.05) is 11.6 Å². The van der Waals surface area contributed by atoms with Crippen molar-refractivity contribution >= 4 is 23.0 Å². The third-order valence-corrected chi connectivity index (χ3v) is 4.62. The third-order valence-electron chi connectivity index (χ3n) is 4.62. The van der Waals surface area contributed by atoms with Crippen molar-refractivity contribution in [2.24, 2.45) is 5.92 Å². The van der Waals surface area contributed by atoms with Gasteiger partial charge in [0.1, 0.15) is 0 Å². The number of methoxy groups -OCH3 is 2. The predicted octanol–water partition coefficient (Wildman–Crippen LogP) is 4.34. The molecule has 5 heteroatoms. The van der Waals surface area contributed by atoms with E-state index in [4.69, 9.17) is 9.47 Å². The third kappa shape index (κ3) is 3.61. The monoisotopic (exact) mass is 331 g/mol. The largest absolute Gasteiger partial charge is 0.469 e. The first-order chi connectivity index (χ1) is 11.5. The molecule has 0 amide bonds. The fourth-order valence-electron chi connectivity index (χ4n) is 2.93. The van der Waals surface area contributed by atoms with Crippen LogP contribution in [0.3, 0.4) is 0 Å². The molecule has 0 fully saturated rings. The summed E-state index contributed by atoms with van der Waals surface area (Å²) in [6, 6.07) is 7.52. The summed E-state index contributed by atoms with van der Waals surface area (Å²) in [5.41, 5.74) is 1.54. The van der Waals surface area contributed by atoms with Crippen molar-refractivity contribution < 1.29 is 19.1 Å². The molecule has 5 nitrogen and oxygen atoms in total. The molecule has 1 aromatic heterocycles. The fraction of sp³-hybridized carbons (Fsp3) is 0.474. The van der Waals surface area contributed by atoms with Gasteiger partial charge in [0.25, 0.3) is 0 Å². The highest BCUT2D eigenvalue weighted by molar-refractivity contribution is 5.95. The maximum atomic E-state index is 12.4. The van der Waals surface area contributed by atoms with E-state index >= 15 is 0 Å². The zero-order valence-corrected chi connectivity index (χ0v) is 14.7. The van der Waals surface area contributed by atoms with Crippen LogP contribution in [0.4, 0.5) is 4.79 Å². The molecule has 2 rings (SSSR count). The number of aromatic nitrogens is 1. The van der Waals surface area contributed by atoms with Gasteiger partial charge in [0.2, 0.25) is 0 Å². The molecule has 0 N–H and O–H groups in total. The molecule has 0 radical (unpaired) electrons. The molecule has 24 heavy (non-hydrogen) atoms. The van der Waals surface area contributed by atoms with Crippen LogP contribution < -0.4 is 0 Å². The standard InChI is InChI=1S/C19H25NO4/c1-5-13(2)10-11-15(18(21)23-3)16-12-20(19(22)24-4)17-9-7-6-8-14(16)17/h6-9,12-13,15H,5,10-11H2,1-4H3. The minimum absolute atomic E-state index is 0.272. The van der Waals surface area contributed by atoms with Crippen molar-refractivity contribution in [3.05, 3.63) is 36.0 Å². The van der Waals surface area contributed by atoms with E-state index in [0.717, 1.165) is 29.3 Å². The Kier molecular flexibility index (Phi) is 6.01. The molecule has 2 aromatic rings.